The maximum Gasteiger partial charge on any atom is 0.130 e. The van der Waals surface area contributed by atoms with Gasteiger partial charge in [-0.2, -0.15) is 0 Å². The summed E-state index contributed by atoms with van der Waals surface area (Å²) in [7, 11) is 3.78. The van der Waals surface area contributed by atoms with Crippen LogP contribution in [-0.2, 0) is 6.54 Å². The van der Waals surface area contributed by atoms with Gasteiger partial charge in [-0.25, -0.2) is 8.78 Å². The number of hydrogen-bond acceptors (Lipinski definition) is 2. The Balaban J connectivity index is 2.69. The second kappa shape index (κ2) is 5.92. The van der Waals surface area contributed by atoms with Crippen molar-refractivity contribution in [3.8, 4) is 0 Å². The Kier molecular flexibility index (Phi) is 4.83. The minimum Gasteiger partial charge on any atom is -0.318 e. The van der Waals surface area contributed by atoms with Crippen LogP contribution in [0.3, 0.4) is 0 Å². The van der Waals surface area contributed by atoms with E-state index in [1.165, 1.54) is 0 Å². The third kappa shape index (κ3) is 3.54. The fourth-order valence-corrected chi connectivity index (χ4v) is 1.51. The molecule has 4 heteroatoms. The second-order valence-corrected chi connectivity index (χ2v) is 4.03. The van der Waals surface area contributed by atoms with Gasteiger partial charge in [0.15, 0.2) is 0 Å². The van der Waals surface area contributed by atoms with Crippen molar-refractivity contribution in [3.05, 3.63) is 34.9 Å². The van der Waals surface area contributed by atoms with E-state index >= 15 is 0 Å². The zero-order valence-electron chi connectivity index (χ0n) is 9.98. The van der Waals surface area contributed by atoms with Crippen molar-refractivity contribution in [2.24, 2.45) is 0 Å². The maximum atomic E-state index is 13.4. The molecular weight excluding hydrogens is 210 g/mol. The molecule has 0 aliphatic heterocycles. The summed E-state index contributed by atoms with van der Waals surface area (Å²) in [6, 6.07) is 2.52. The van der Waals surface area contributed by atoms with Gasteiger partial charge in [-0.3, -0.25) is 0 Å². The van der Waals surface area contributed by atoms with E-state index in [1.54, 1.807) is 13.0 Å². The van der Waals surface area contributed by atoms with Crippen LogP contribution in [0, 0.1) is 18.6 Å². The van der Waals surface area contributed by atoms with Gasteiger partial charge in [0.25, 0.3) is 0 Å². The topological polar surface area (TPSA) is 15.3 Å². The molecule has 0 aliphatic rings. The summed E-state index contributed by atoms with van der Waals surface area (Å²) in [5, 5.41) is 3.02. The summed E-state index contributed by atoms with van der Waals surface area (Å²) in [6.07, 6.45) is 0. The van der Waals surface area contributed by atoms with E-state index in [-0.39, 0.29) is 0 Å². The molecule has 0 saturated carbocycles. The lowest BCUT2D eigenvalue weighted by molar-refractivity contribution is 0.322. The van der Waals surface area contributed by atoms with Gasteiger partial charge < -0.3 is 10.2 Å². The standard InChI is InChI=1S/C12H18F2N2/c1-9-6-10(12(14)7-11(9)13)8-16(3)5-4-15-2/h6-7,15H,4-5,8H2,1-3H3. The molecule has 90 valence electrons. The Morgan fingerprint density at radius 3 is 2.56 bits per heavy atom. The van der Waals surface area contributed by atoms with E-state index in [1.807, 2.05) is 19.0 Å². The minimum absolute atomic E-state index is 0.473. The van der Waals surface area contributed by atoms with E-state index in [2.05, 4.69) is 5.32 Å². The molecule has 0 saturated heterocycles. The van der Waals surface area contributed by atoms with Crippen molar-refractivity contribution in [3.63, 3.8) is 0 Å². The first-order valence-corrected chi connectivity index (χ1v) is 5.32. The fraction of sp³-hybridized carbons (Fsp3) is 0.500. The molecule has 0 fully saturated rings. The summed E-state index contributed by atoms with van der Waals surface area (Å²) in [4.78, 5) is 1.99. The highest BCUT2D eigenvalue weighted by Gasteiger charge is 2.09. The predicted octanol–water partition coefficient (Wildman–Crippen LogP) is 1.92. The number of likely N-dealkylation sites (N-methyl/N-ethyl adjacent to an activating group) is 2. The van der Waals surface area contributed by atoms with Gasteiger partial charge in [0.05, 0.1) is 0 Å². The first kappa shape index (κ1) is 13.1. The van der Waals surface area contributed by atoms with Crippen LogP contribution in [0.2, 0.25) is 0 Å². The third-order valence-electron chi connectivity index (χ3n) is 2.51. The fourth-order valence-electron chi connectivity index (χ4n) is 1.51. The van der Waals surface area contributed by atoms with Gasteiger partial charge in [0.2, 0.25) is 0 Å². The SMILES string of the molecule is CNCCN(C)Cc1cc(C)c(F)cc1F. The van der Waals surface area contributed by atoms with Gasteiger partial charge in [0.1, 0.15) is 11.6 Å². The van der Waals surface area contributed by atoms with Crippen LogP contribution in [0.15, 0.2) is 12.1 Å². The second-order valence-electron chi connectivity index (χ2n) is 4.03. The zero-order chi connectivity index (χ0) is 12.1. The average molecular weight is 228 g/mol. The Morgan fingerprint density at radius 2 is 1.94 bits per heavy atom. The largest absolute Gasteiger partial charge is 0.318 e. The van der Waals surface area contributed by atoms with Crippen LogP contribution in [0.5, 0.6) is 0 Å². The molecule has 0 atom stereocenters. The van der Waals surface area contributed by atoms with Gasteiger partial charge >= 0.3 is 0 Å². The molecule has 2 nitrogen and oxygen atoms in total. The van der Waals surface area contributed by atoms with Crippen LogP contribution >= 0.6 is 0 Å². The quantitative estimate of drug-likeness (QED) is 0.828. The highest BCUT2D eigenvalue weighted by atomic mass is 19.1. The van der Waals surface area contributed by atoms with Crippen LogP contribution in [0.25, 0.3) is 0 Å². The molecule has 0 aliphatic carbocycles. The lowest BCUT2D eigenvalue weighted by Gasteiger charge is -2.17. The number of halogens is 2. The normalized spacial score (nSPS) is 11.1. The van der Waals surface area contributed by atoms with Gasteiger partial charge in [-0.05, 0) is 32.6 Å². The first-order chi connectivity index (χ1) is 7.54. The summed E-state index contributed by atoms with van der Waals surface area (Å²) in [5.41, 5.74) is 1.02. The first-order valence-electron chi connectivity index (χ1n) is 5.32. The predicted molar refractivity (Wildman–Crippen MR) is 61.4 cm³/mol. The van der Waals surface area contributed by atoms with E-state index < -0.39 is 11.6 Å². The summed E-state index contributed by atoms with van der Waals surface area (Å²) >= 11 is 0. The minimum atomic E-state index is -0.487. The summed E-state index contributed by atoms with van der Waals surface area (Å²) in [6.45, 7) is 3.81. The molecule has 1 aromatic rings. The molecular formula is C12H18F2N2. The van der Waals surface area contributed by atoms with Crippen molar-refractivity contribution in [1.82, 2.24) is 10.2 Å². The average Bonchev–Trinajstić information content (AvgIpc) is 2.23. The lowest BCUT2D eigenvalue weighted by Crippen LogP contribution is -2.27. The number of nitrogens with one attached hydrogen (secondary N) is 1. The number of nitrogens with zero attached hydrogens (tertiary/aromatic N) is 1. The Bertz CT molecular complexity index is 353. The molecule has 0 heterocycles. The van der Waals surface area contributed by atoms with Crippen LogP contribution in [0.1, 0.15) is 11.1 Å². The van der Waals surface area contributed by atoms with Crippen molar-refractivity contribution in [2.45, 2.75) is 13.5 Å². The molecule has 1 rings (SSSR count). The van der Waals surface area contributed by atoms with E-state index in [9.17, 15) is 8.78 Å². The number of benzene rings is 1. The zero-order valence-corrected chi connectivity index (χ0v) is 9.98. The number of rotatable bonds is 5. The van der Waals surface area contributed by atoms with Crippen molar-refractivity contribution < 1.29 is 8.78 Å². The number of aryl methyl sites for hydroxylation is 1. The maximum absolute atomic E-state index is 13.4. The molecule has 0 amide bonds. The molecule has 0 aromatic heterocycles. The van der Waals surface area contributed by atoms with Gasteiger partial charge in [-0.15, -0.1) is 0 Å². The molecule has 0 radical (unpaired) electrons. The molecule has 0 unspecified atom stereocenters. The third-order valence-corrected chi connectivity index (χ3v) is 2.51. The lowest BCUT2D eigenvalue weighted by atomic mass is 10.1. The van der Waals surface area contributed by atoms with Crippen LogP contribution in [-0.4, -0.2) is 32.1 Å². The van der Waals surface area contributed by atoms with E-state index in [0.717, 1.165) is 19.2 Å². The van der Waals surface area contributed by atoms with Gasteiger partial charge in [-0.1, -0.05) is 0 Å². The molecule has 0 spiro atoms. The smallest absolute Gasteiger partial charge is 0.130 e. The van der Waals surface area contributed by atoms with Crippen molar-refractivity contribution >= 4 is 0 Å². The number of hydrogen-bond donors (Lipinski definition) is 1. The monoisotopic (exact) mass is 228 g/mol. The highest BCUT2D eigenvalue weighted by molar-refractivity contribution is 5.25. The molecule has 1 N–H and O–H groups in total. The van der Waals surface area contributed by atoms with Crippen molar-refractivity contribution in [1.29, 1.82) is 0 Å². The van der Waals surface area contributed by atoms with Crippen molar-refractivity contribution in [2.75, 3.05) is 27.2 Å². The Labute approximate surface area is 95.3 Å². The Morgan fingerprint density at radius 1 is 1.25 bits per heavy atom. The Hall–Kier alpha value is -1.00. The highest BCUT2D eigenvalue weighted by Crippen LogP contribution is 2.15. The molecule has 0 bridgehead atoms. The summed E-state index contributed by atoms with van der Waals surface area (Å²) in [5.74, 6) is -0.960. The molecule has 1 aromatic carbocycles. The van der Waals surface area contributed by atoms with Crippen LogP contribution in [0.4, 0.5) is 8.78 Å². The van der Waals surface area contributed by atoms with E-state index in [0.29, 0.717) is 17.7 Å². The van der Waals surface area contributed by atoms with E-state index in [4.69, 9.17) is 0 Å². The molecule has 16 heavy (non-hydrogen) atoms. The van der Waals surface area contributed by atoms with Gasteiger partial charge in [0, 0.05) is 31.3 Å². The van der Waals surface area contributed by atoms with Crippen LogP contribution < -0.4 is 5.32 Å². The summed E-state index contributed by atoms with van der Waals surface area (Å²) < 4.78 is 26.5.